The predicted molar refractivity (Wildman–Crippen MR) is 41.3 cm³/mol. The van der Waals surface area contributed by atoms with E-state index in [1.807, 2.05) is 0 Å². The van der Waals surface area contributed by atoms with E-state index < -0.39 is 11.4 Å². The molecule has 1 atom stereocenters. The van der Waals surface area contributed by atoms with Gasteiger partial charge >= 0.3 is 5.97 Å². The molecule has 0 amide bonds. The molecule has 0 aromatic rings. The number of carboxylic acid groups (broad SMARTS) is 1. The van der Waals surface area contributed by atoms with E-state index in [0.717, 1.165) is 0 Å². The van der Waals surface area contributed by atoms with Crippen LogP contribution in [0.25, 0.3) is 0 Å². The third-order valence-corrected chi connectivity index (χ3v) is 1.82. The van der Waals surface area contributed by atoms with E-state index in [2.05, 4.69) is 0 Å². The maximum atomic E-state index is 10.6. The Labute approximate surface area is 66.3 Å². The highest BCUT2D eigenvalue weighted by atomic mass is 16.5. The third-order valence-electron chi connectivity index (χ3n) is 1.82. The molecular weight excluding hydrogens is 146 g/mol. The van der Waals surface area contributed by atoms with Crippen molar-refractivity contribution in [1.82, 2.24) is 0 Å². The number of carbonyl (C=O) groups is 1. The van der Waals surface area contributed by atoms with Gasteiger partial charge in [-0.05, 0) is 13.3 Å². The number of aliphatic carboxylic acids is 1. The summed E-state index contributed by atoms with van der Waals surface area (Å²) >= 11 is 0. The summed E-state index contributed by atoms with van der Waals surface area (Å²) in [6.45, 7) is 2.19. The van der Waals surface area contributed by atoms with E-state index in [4.69, 9.17) is 15.6 Å². The molecule has 0 aromatic heterocycles. The van der Waals surface area contributed by atoms with Gasteiger partial charge in [-0.1, -0.05) is 0 Å². The molecule has 0 saturated carbocycles. The van der Waals surface area contributed by atoms with Crippen molar-refractivity contribution in [2.75, 3.05) is 20.3 Å². The van der Waals surface area contributed by atoms with Gasteiger partial charge in [-0.3, -0.25) is 4.79 Å². The number of ether oxygens (including phenoxy) is 1. The monoisotopic (exact) mass is 161 g/mol. The van der Waals surface area contributed by atoms with E-state index in [1.165, 1.54) is 0 Å². The Morgan fingerprint density at radius 1 is 1.73 bits per heavy atom. The van der Waals surface area contributed by atoms with Crippen molar-refractivity contribution < 1.29 is 14.6 Å². The van der Waals surface area contributed by atoms with Crippen molar-refractivity contribution >= 4 is 5.97 Å². The molecule has 66 valence electrons. The molecular formula is C7H15NO3. The lowest BCUT2D eigenvalue weighted by Gasteiger charge is -2.21. The lowest BCUT2D eigenvalue weighted by molar-refractivity contribution is -0.148. The summed E-state index contributed by atoms with van der Waals surface area (Å²) in [6.07, 6.45) is 0.454. The lowest BCUT2D eigenvalue weighted by Crippen LogP contribution is -2.36. The van der Waals surface area contributed by atoms with Crippen molar-refractivity contribution in [3.8, 4) is 0 Å². The van der Waals surface area contributed by atoms with Crippen LogP contribution in [-0.4, -0.2) is 31.3 Å². The van der Waals surface area contributed by atoms with Gasteiger partial charge in [0.15, 0.2) is 0 Å². The molecule has 0 aliphatic carbocycles. The van der Waals surface area contributed by atoms with Gasteiger partial charge in [0, 0.05) is 20.3 Å². The van der Waals surface area contributed by atoms with Crippen molar-refractivity contribution in [2.24, 2.45) is 11.1 Å². The second kappa shape index (κ2) is 4.31. The van der Waals surface area contributed by atoms with Crippen LogP contribution in [0.5, 0.6) is 0 Å². The molecule has 0 saturated heterocycles. The van der Waals surface area contributed by atoms with E-state index in [-0.39, 0.29) is 6.54 Å². The van der Waals surface area contributed by atoms with Gasteiger partial charge in [-0.25, -0.2) is 0 Å². The van der Waals surface area contributed by atoms with Crippen LogP contribution in [0.15, 0.2) is 0 Å². The first kappa shape index (κ1) is 10.4. The maximum Gasteiger partial charge on any atom is 0.310 e. The average Bonchev–Trinajstić information content (AvgIpc) is 2.00. The lowest BCUT2D eigenvalue weighted by atomic mass is 9.87. The molecule has 3 N–H and O–H groups in total. The van der Waals surface area contributed by atoms with Crippen LogP contribution in [0.3, 0.4) is 0 Å². The Balaban J connectivity index is 3.99. The SMILES string of the molecule is COCCC(C)(CN)C(=O)O. The Bertz CT molecular complexity index is 138. The normalized spacial score (nSPS) is 15.9. The van der Waals surface area contributed by atoms with Gasteiger partial charge in [0.05, 0.1) is 5.41 Å². The topological polar surface area (TPSA) is 72.5 Å². The standard InChI is InChI=1S/C7H15NO3/c1-7(5-8,6(9)10)3-4-11-2/h3-5,8H2,1-2H3,(H,9,10). The second-order valence-corrected chi connectivity index (χ2v) is 2.81. The fourth-order valence-corrected chi connectivity index (χ4v) is 0.624. The molecule has 4 heteroatoms. The number of rotatable bonds is 5. The zero-order chi connectivity index (χ0) is 8.91. The molecule has 0 heterocycles. The van der Waals surface area contributed by atoms with E-state index in [1.54, 1.807) is 14.0 Å². The summed E-state index contributed by atoms with van der Waals surface area (Å²) in [5, 5.41) is 8.72. The Hall–Kier alpha value is -0.610. The highest BCUT2D eigenvalue weighted by Gasteiger charge is 2.30. The van der Waals surface area contributed by atoms with Crippen LogP contribution in [0.2, 0.25) is 0 Å². The third kappa shape index (κ3) is 2.86. The summed E-state index contributed by atoms with van der Waals surface area (Å²) < 4.78 is 4.77. The molecule has 1 unspecified atom stereocenters. The fourth-order valence-electron chi connectivity index (χ4n) is 0.624. The molecule has 0 radical (unpaired) electrons. The average molecular weight is 161 g/mol. The summed E-state index contributed by atoms with van der Waals surface area (Å²) in [6, 6.07) is 0. The minimum Gasteiger partial charge on any atom is -0.481 e. The number of hydrogen-bond donors (Lipinski definition) is 2. The van der Waals surface area contributed by atoms with Crippen LogP contribution in [0, 0.1) is 5.41 Å². The molecule has 4 nitrogen and oxygen atoms in total. The fraction of sp³-hybridized carbons (Fsp3) is 0.857. The first-order valence-corrected chi connectivity index (χ1v) is 3.49. The van der Waals surface area contributed by atoms with Crippen molar-refractivity contribution in [1.29, 1.82) is 0 Å². The predicted octanol–water partition coefficient (Wildman–Crippen LogP) is 0.0725. The smallest absolute Gasteiger partial charge is 0.310 e. The zero-order valence-electron chi connectivity index (χ0n) is 6.96. The molecule has 0 aliphatic heterocycles. The van der Waals surface area contributed by atoms with Crippen molar-refractivity contribution in [3.05, 3.63) is 0 Å². The number of methoxy groups -OCH3 is 1. The van der Waals surface area contributed by atoms with Gasteiger partial charge in [0.1, 0.15) is 0 Å². The first-order chi connectivity index (χ1) is 5.06. The Kier molecular flexibility index (Phi) is 4.07. The van der Waals surface area contributed by atoms with Crippen molar-refractivity contribution in [3.63, 3.8) is 0 Å². The van der Waals surface area contributed by atoms with Gasteiger partial charge in [-0.2, -0.15) is 0 Å². The summed E-state index contributed by atoms with van der Waals surface area (Å²) in [5.74, 6) is -0.864. The zero-order valence-corrected chi connectivity index (χ0v) is 6.96. The van der Waals surface area contributed by atoms with E-state index in [0.29, 0.717) is 13.0 Å². The summed E-state index contributed by atoms with van der Waals surface area (Å²) in [4.78, 5) is 10.6. The molecule has 0 fully saturated rings. The highest BCUT2D eigenvalue weighted by Crippen LogP contribution is 2.19. The molecule has 11 heavy (non-hydrogen) atoms. The van der Waals surface area contributed by atoms with Gasteiger partial charge in [-0.15, -0.1) is 0 Å². The molecule has 0 bridgehead atoms. The Morgan fingerprint density at radius 3 is 2.55 bits per heavy atom. The van der Waals surface area contributed by atoms with Crippen LogP contribution >= 0.6 is 0 Å². The number of carboxylic acids is 1. The van der Waals surface area contributed by atoms with Gasteiger partial charge in [0.2, 0.25) is 0 Å². The van der Waals surface area contributed by atoms with Gasteiger partial charge < -0.3 is 15.6 Å². The van der Waals surface area contributed by atoms with Gasteiger partial charge in [0.25, 0.3) is 0 Å². The molecule has 0 aromatic carbocycles. The minimum absolute atomic E-state index is 0.145. The largest absolute Gasteiger partial charge is 0.481 e. The molecule has 0 rings (SSSR count). The number of hydrogen-bond acceptors (Lipinski definition) is 3. The minimum atomic E-state index is -0.864. The quantitative estimate of drug-likeness (QED) is 0.598. The van der Waals surface area contributed by atoms with Crippen LogP contribution in [0.4, 0.5) is 0 Å². The van der Waals surface area contributed by atoms with Crippen LogP contribution < -0.4 is 5.73 Å². The van der Waals surface area contributed by atoms with Crippen LogP contribution in [-0.2, 0) is 9.53 Å². The second-order valence-electron chi connectivity index (χ2n) is 2.81. The van der Waals surface area contributed by atoms with E-state index in [9.17, 15) is 4.79 Å². The molecule has 0 spiro atoms. The summed E-state index contributed by atoms with van der Waals surface area (Å²) in [5.41, 5.74) is 4.48. The summed E-state index contributed by atoms with van der Waals surface area (Å²) in [7, 11) is 1.54. The van der Waals surface area contributed by atoms with Crippen LogP contribution in [0.1, 0.15) is 13.3 Å². The maximum absolute atomic E-state index is 10.6. The first-order valence-electron chi connectivity index (χ1n) is 3.49. The number of nitrogens with two attached hydrogens (primary N) is 1. The Morgan fingerprint density at radius 2 is 2.27 bits per heavy atom. The van der Waals surface area contributed by atoms with E-state index >= 15 is 0 Å². The van der Waals surface area contributed by atoms with Crippen molar-refractivity contribution in [2.45, 2.75) is 13.3 Å². The highest BCUT2D eigenvalue weighted by molar-refractivity contribution is 5.74. The molecule has 0 aliphatic rings.